The molecule has 0 aromatic carbocycles. The number of nitrogens with one attached hydrogen (secondary N) is 2. The number of carbonyl (C=O) groups is 2. The summed E-state index contributed by atoms with van der Waals surface area (Å²) in [6.45, 7) is 16.1. The summed E-state index contributed by atoms with van der Waals surface area (Å²) < 4.78 is 0. The van der Waals surface area contributed by atoms with Crippen LogP contribution in [0.15, 0.2) is 0 Å². The normalized spacial score (nSPS) is 14.2. The van der Waals surface area contributed by atoms with Gasteiger partial charge in [0.05, 0.1) is 12.6 Å². The maximum absolute atomic E-state index is 12.4. The Morgan fingerprint density at radius 1 is 1.00 bits per heavy atom. The zero-order valence-electron chi connectivity index (χ0n) is 14.4. The van der Waals surface area contributed by atoms with Gasteiger partial charge in [0.15, 0.2) is 5.78 Å². The number of rotatable bonds is 6. The lowest BCUT2D eigenvalue weighted by Gasteiger charge is -2.26. The first kappa shape index (κ1) is 19.1. The third-order valence-corrected chi connectivity index (χ3v) is 2.96. The number of hydrogen-bond acceptors (Lipinski definition) is 3. The average molecular weight is 284 g/mol. The van der Waals surface area contributed by atoms with Crippen molar-refractivity contribution in [3.8, 4) is 0 Å². The molecule has 0 aromatic heterocycles. The van der Waals surface area contributed by atoms with Gasteiger partial charge in [-0.1, -0.05) is 34.6 Å². The molecule has 0 saturated carbocycles. The van der Waals surface area contributed by atoms with E-state index in [2.05, 4.69) is 10.6 Å². The molecule has 0 aromatic rings. The third kappa shape index (κ3) is 7.63. The van der Waals surface area contributed by atoms with Gasteiger partial charge in [-0.25, -0.2) is 0 Å². The molecule has 0 spiro atoms. The van der Waals surface area contributed by atoms with Crippen LogP contribution in [0, 0.1) is 17.3 Å². The molecular formula is C16H32N2O2. The maximum Gasteiger partial charge on any atom is 0.231 e. The first-order valence-electron chi connectivity index (χ1n) is 7.41. The second kappa shape index (κ2) is 7.21. The van der Waals surface area contributed by atoms with E-state index in [0.717, 1.165) is 0 Å². The number of ketones is 1. The summed E-state index contributed by atoms with van der Waals surface area (Å²) in [5.41, 5.74) is -0.552. The first-order valence-corrected chi connectivity index (χ1v) is 7.41. The number of Topliss-reactive ketones (excluding diaryl/α,β-unsaturated/α-hetero) is 1. The Morgan fingerprint density at radius 3 is 1.85 bits per heavy atom. The van der Waals surface area contributed by atoms with Crippen molar-refractivity contribution in [2.24, 2.45) is 17.3 Å². The average Bonchev–Trinajstić information content (AvgIpc) is 2.21. The molecule has 1 amide bonds. The molecule has 0 fully saturated rings. The van der Waals surface area contributed by atoms with Crippen LogP contribution in [0.5, 0.6) is 0 Å². The van der Waals surface area contributed by atoms with Gasteiger partial charge in [0.2, 0.25) is 5.91 Å². The van der Waals surface area contributed by atoms with E-state index < -0.39 is 11.3 Å². The quantitative estimate of drug-likeness (QED) is 0.582. The fourth-order valence-electron chi connectivity index (χ4n) is 1.85. The molecule has 0 aliphatic heterocycles. The van der Waals surface area contributed by atoms with Crippen LogP contribution in [0.25, 0.3) is 0 Å². The molecule has 4 nitrogen and oxygen atoms in total. The fraction of sp³-hybridized carbons (Fsp3) is 0.875. The monoisotopic (exact) mass is 284 g/mol. The van der Waals surface area contributed by atoms with Crippen molar-refractivity contribution >= 4 is 11.7 Å². The molecule has 0 heterocycles. The van der Waals surface area contributed by atoms with E-state index in [4.69, 9.17) is 0 Å². The van der Waals surface area contributed by atoms with Gasteiger partial charge < -0.3 is 5.32 Å². The molecular weight excluding hydrogens is 252 g/mol. The van der Waals surface area contributed by atoms with E-state index in [9.17, 15) is 9.59 Å². The summed E-state index contributed by atoms with van der Waals surface area (Å²) >= 11 is 0. The summed E-state index contributed by atoms with van der Waals surface area (Å²) in [5.74, 6) is -0.403. The second-order valence-corrected chi connectivity index (χ2v) is 7.94. The minimum Gasteiger partial charge on any atom is -0.343 e. The molecule has 0 radical (unpaired) electrons. The van der Waals surface area contributed by atoms with E-state index >= 15 is 0 Å². The Labute approximate surface area is 124 Å². The molecule has 118 valence electrons. The molecule has 0 rings (SSSR count). The van der Waals surface area contributed by atoms with E-state index in [0.29, 0.717) is 19.0 Å². The number of carbonyl (C=O) groups excluding carboxylic acids is 2. The molecule has 0 aliphatic rings. The lowest BCUT2D eigenvalue weighted by atomic mass is 9.79. The van der Waals surface area contributed by atoms with Crippen LogP contribution in [-0.4, -0.2) is 23.9 Å². The highest BCUT2D eigenvalue weighted by Crippen LogP contribution is 2.24. The molecule has 20 heavy (non-hydrogen) atoms. The number of hydrogen-bond donors (Lipinski definition) is 2. The highest BCUT2D eigenvalue weighted by atomic mass is 16.2. The zero-order valence-corrected chi connectivity index (χ0v) is 14.4. The van der Waals surface area contributed by atoms with Crippen molar-refractivity contribution in [2.75, 3.05) is 6.67 Å². The van der Waals surface area contributed by atoms with Gasteiger partial charge in [-0.15, -0.1) is 0 Å². The Bertz CT molecular complexity index is 335. The molecule has 0 bridgehead atoms. The number of amides is 1. The minimum atomic E-state index is -0.559. The van der Waals surface area contributed by atoms with Crippen LogP contribution in [0.2, 0.25) is 0 Å². The van der Waals surface area contributed by atoms with Gasteiger partial charge in [-0.3, -0.25) is 14.9 Å². The molecule has 2 N–H and O–H groups in total. The van der Waals surface area contributed by atoms with E-state index in [1.54, 1.807) is 0 Å². The van der Waals surface area contributed by atoms with Crippen LogP contribution in [0.1, 0.15) is 61.8 Å². The van der Waals surface area contributed by atoms with Crippen LogP contribution in [0.4, 0.5) is 0 Å². The highest BCUT2D eigenvalue weighted by molar-refractivity contribution is 6.03. The topological polar surface area (TPSA) is 58.2 Å². The second-order valence-electron chi connectivity index (χ2n) is 7.94. The predicted octanol–water partition coefficient (Wildman–Crippen LogP) is 2.73. The SMILES string of the molecule is CC(C)C[C@H](C(=O)NCNC(C)(C)C)C(=O)C(C)(C)C. The maximum atomic E-state index is 12.4. The largest absolute Gasteiger partial charge is 0.343 e. The molecule has 1 atom stereocenters. The molecule has 0 unspecified atom stereocenters. The predicted molar refractivity (Wildman–Crippen MR) is 83.3 cm³/mol. The van der Waals surface area contributed by atoms with Crippen molar-refractivity contribution in [3.05, 3.63) is 0 Å². The van der Waals surface area contributed by atoms with Gasteiger partial charge >= 0.3 is 0 Å². The lowest BCUT2D eigenvalue weighted by Crippen LogP contribution is -2.47. The van der Waals surface area contributed by atoms with Gasteiger partial charge in [0.25, 0.3) is 0 Å². The summed E-state index contributed by atoms with van der Waals surface area (Å²) in [6, 6.07) is 0. The van der Waals surface area contributed by atoms with Crippen molar-refractivity contribution in [1.29, 1.82) is 0 Å². The Morgan fingerprint density at radius 2 is 1.50 bits per heavy atom. The van der Waals surface area contributed by atoms with Gasteiger partial charge in [0.1, 0.15) is 0 Å². The van der Waals surface area contributed by atoms with Crippen LogP contribution in [-0.2, 0) is 9.59 Å². The Kier molecular flexibility index (Phi) is 6.88. The summed E-state index contributed by atoms with van der Waals surface area (Å²) in [4.78, 5) is 24.7. The van der Waals surface area contributed by atoms with Crippen LogP contribution < -0.4 is 10.6 Å². The fourth-order valence-corrected chi connectivity index (χ4v) is 1.85. The highest BCUT2D eigenvalue weighted by Gasteiger charge is 2.34. The van der Waals surface area contributed by atoms with Crippen molar-refractivity contribution in [2.45, 2.75) is 67.3 Å². The Hall–Kier alpha value is -0.900. The van der Waals surface area contributed by atoms with Crippen LogP contribution in [0.3, 0.4) is 0 Å². The first-order chi connectivity index (χ1) is 8.84. The molecule has 4 heteroatoms. The summed E-state index contributed by atoms with van der Waals surface area (Å²) in [5, 5.41) is 6.02. The van der Waals surface area contributed by atoms with Crippen LogP contribution >= 0.6 is 0 Å². The Balaban J connectivity index is 4.71. The summed E-state index contributed by atoms with van der Waals surface area (Å²) in [7, 11) is 0. The standard InChI is InChI=1S/C16H32N2O2/c1-11(2)9-12(13(19)15(3,4)5)14(20)17-10-18-16(6,7)8/h11-12,18H,9-10H2,1-8H3,(H,17,20)/t12-/m0/s1. The molecule has 0 saturated heterocycles. The summed E-state index contributed by atoms with van der Waals surface area (Å²) in [6.07, 6.45) is 0.595. The zero-order chi connectivity index (χ0) is 16.1. The van der Waals surface area contributed by atoms with Gasteiger partial charge in [-0.2, -0.15) is 0 Å². The lowest BCUT2D eigenvalue weighted by molar-refractivity contribution is -0.139. The minimum absolute atomic E-state index is 0.0134. The van der Waals surface area contributed by atoms with E-state index in [-0.39, 0.29) is 17.2 Å². The van der Waals surface area contributed by atoms with Crippen molar-refractivity contribution in [1.82, 2.24) is 10.6 Å². The van der Waals surface area contributed by atoms with Gasteiger partial charge in [0, 0.05) is 11.0 Å². The third-order valence-electron chi connectivity index (χ3n) is 2.96. The smallest absolute Gasteiger partial charge is 0.231 e. The van der Waals surface area contributed by atoms with E-state index in [1.165, 1.54) is 0 Å². The molecule has 0 aliphatic carbocycles. The van der Waals surface area contributed by atoms with E-state index in [1.807, 2.05) is 55.4 Å². The van der Waals surface area contributed by atoms with Crippen molar-refractivity contribution in [3.63, 3.8) is 0 Å². The van der Waals surface area contributed by atoms with Gasteiger partial charge in [-0.05, 0) is 33.1 Å². The van der Waals surface area contributed by atoms with Crippen molar-refractivity contribution < 1.29 is 9.59 Å².